The highest BCUT2D eigenvalue weighted by Gasteiger charge is 2.03. The van der Waals surface area contributed by atoms with E-state index in [2.05, 4.69) is 26.2 Å². The summed E-state index contributed by atoms with van der Waals surface area (Å²) in [5, 5.41) is 2.98. The zero-order valence-electron chi connectivity index (χ0n) is 9.15. The standard InChI is InChI=1S/C12H9BrFN3S/c13-8-5-4-7(6-9(8)14)16-11-3-1-2-10(17-11)12(15)18/h1-6H,(H2,15,18)(H,16,17). The zero-order chi connectivity index (χ0) is 13.1. The van der Waals surface area contributed by atoms with Crippen LogP contribution in [0, 0.1) is 5.82 Å². The minimum Gasteiger partial charge on any atom is -0.388 e. The lowest BCUT2D eigenvalue weighted by molar-refractivity contribution is 0.622. The first-order valence-electron chi connectivity index (χ1n) is 5.05. The highest BCUT2D eigenvalue weighted by molar-refractivity contribution is 9.10. The zero-order valence-corrected chi connectivity index (χ0v) is 11.6. The number of nitrogens with zero attached hydrogens (tertiary/aromatic N) is 1. The first-order valence-corrected chi connectivity index (χ1v) is 6.25. The summed E-state index contributed by atoms with van der Waals surface area (Å²) < 4.78 is 13.8. The van der Waals surface area contributed by atoms with Crippen molar-refractivity contribution in [2.24, 2.45) is 5.73 Å². The molecule has 0 saturated carbocycles. The number of nitrogens with two attached hydrogens (primary N) is 1. The summed E-state index contributed by atoms with van der Waals surface area (Å²) in [5.41, 5.74) is 6.62. The number of anilines is 2. The lowest BCUT2D eigenvalue weighted by Gasteiger charge is -2.07. The molecular formula is C12H9BrFN3S. The quantitative estimate of drug-likeness (QED) is 0.849. The predicted molar refractivity (Wildman–Crippen MR) is 77.5 cm³/mol. The average Bonchev–Trinajstić information content (AvgIpc) is 2.34. The van der Waals surface area contributed by atoms with Crippen LogP contribution < -0.4 is 11.1 Å². The van der Waals surface area contributed by atoms with E-state index in [1.807, 2.05) is 0 Å². The maximum Gasteiger partial charge on any atom is 0.139 e. The first-order chi connectivity index (χ1) is 8.56. The highest BCUT2D eigenvalue weighted by Crippen LogP contribution is 2.21. The van der Waals surface area contributed by atoms with E-state index in [0.29, 0.717) is 21.7 Å². The monoisotopic (exact) mass is 325 g/mol. The third-order valence-corrected chi connectivity index (χ3v) is 3.05. The number of hydrogen-bond acceptors (Lipinski definition) is 3. The Morgan fingerprint density at radius 3 is 2.78 bits per heavy atom. The van der Waals surface area contributed by atoms with Gasteiger partial charge in [-0.2, -0.15) is 0 Å². The van der Waals surface area contributed by atoms with Gasteiger partial charge in [0.25, 0.3) is 0 Å². The van der Waals surface area contributed by atoms with E-state index in [1.165, 1.54) is 6.07 Å². The van der Waals surface area contributed by atoms with Crippen molar-refractivity contribution < 1.29 is 4.39 Å². The Bertz CT molecular complexity index is 604. The lowest BCUT2D eigenvalue weighted by atomic mass is 10.3. The minimum absolute atomic E-state index is 0.223. The molecule has 0 unspecified atom stereocenters. The molecule has 0 amide bonds. The fourth-order valence-corrected chi connectivity index (χ4v) is 1.72. The lowest BCUT2D eigenvalue weighted by Crippen LogP contribution is -2.12. The number of aromatic nitrogens is 1. The average molecular weight is 326 g/mol. The van der Waals surface area contributed by atoms with E-state index < -0.39 is 0 Å². The minimum atomic E-state index is -0.342. The molecule has 0 aliphatic heterocycles. The molecule has 2 rings (SSSR count). The Kier molecular flexibility index (Phi) is 3.88. The van der Waals surface area contributed by atoms with Gasteiger partial charge in [-0.25, -0.2) is 9.37 Å². The third-order valence-electron chi connectivity index (χ3n) is 2.19. The molecule has 18 heavy (non-hydrogen) atoms. The molecule has 92 valence electrons. The molecule has 0 atom stereocenters. The molecule has 1 heterocycles. The molecule has 1 aromatic carbocycles. The molecule has 0 radical (unpaired) electrons. The van der Waals surface area contributed by atoms with Gasteiger partial charge >= 0.3 is 0 Å². The molecule has 0 aliphatic carbocycles. The third kappa shape index (κ3) is 3.02. The van der Waals surface area contributed by atoms with Crippen LogP contribution in [-0.4, -0.2) is 9.97 Å². The normalized spacial score (nSPS) is 10.1. The van der Waals surface area contributed by atoms with Gasteiger partial charge in [0.15, 0.2) is 0 Å². The van der Waals surface area contributed by atoms with Crippen LogP contribution in [-0.2, 0) is 0 Å². The van der Waals surface area contributed by atoms with Crippen LogP contribution in [0.3, 0.4) is 0 Å². The second kappa shape index (κ2) is 5.41. The number of pyridine rings is 1. The van der Waals surface area contributed by atoms with Crippen LogP contribution in [0.2, 0.25) is 0 Å². The largest absolute Gasteiger partial charge is 0.388 e. The van der Waals surface area contributed by atoms with Crippen LogP contribution in [0.4, 0.5) is 15.9 Å². The highest BCUT2D eigenvalue weighted by atomic mass is 79.9. The van der Waals surface area contributed by atoms with Gasteiger partial charge in [-0.1, -0.05) is 18.3 Å². The molecule has 0 fully saturated rings. The Morgan fingerprint density at radius 2 is 2.11 bits per heavy atom. The van der Waals surface area contributed by atoms with Crippen LogP contribution in [0.25, 0.3) is 0 Å². The summed E-state index contributed by atoms with van der Waals surface area (Å²) >= 11 is 7.94. The number of nitrogens with one attached hydrogen (secondary N) is 1. The Hall–Kier alpha value is -1.53. The van der Waals surface area contributed by atoms with E-state index in [1.54, 1.807) is 30.3 Å². The topological polar surface area (TPSA) is 50.9 Å². The second-order valence-electron chi connectivity index (χ2n) is 3.53. The van der Waals surface area contributed by atoms with Crippen LogP contribution in [0.5, 0.6) is 0 Å². The molecule has 2 aromatic rings. The van der Waals surface area contributed by atoms with Crippen molar-refractivity contribution in [3.8, 4) is 0 Å². The SMILES string of the molecule is NC(=S)c1cccc(Nc2ccc(Br)c(F)c2)n1. The summed E-state index contributed by atoms with van der Waals surface area (Å²) in [5.74, 6) is 0.215. The van der Waals surface area contributed by atoms with Crippen molar-refractivity contribution in [1.29, 1.82) is 0 Å². The van der Waals surface area contributed by atoms with Crippen LogP contribution in [0.15, 0.2) is 40.9 Å². The number of rotatable bonds is 3. The second-order valence-corrected chi connectivity index (χ2v) is 4.82. The van der Waals surface area contributed by atoms with Gasteiger partial charge in [0.2, 0.25) is 0 Å². The molecule has 6 heteroatoms. The van der Waals surface area contributed by atoms with Crippen molar-refractivity contribution in [3.05, 3.63) is 52.4 Å². The van der Waals surface area contributed by atoms with Gasteiger partial charge < -0.3 is 11.1 Å². The molecule has 3 N–H and O–H groups in total. The number of thiocarbonyl (C=S) groups is 1. The Balaban J connectivity index is 2.25. The van der Waals surface area contributed by atoms with E-state index in [9.17, 15) is 4.39 Å². The van der Waals surface area contributed by atoms with Crippen molar-refractivity contribution in [2.45, 2.75) is 0 Å². The van der Waals surface area contributed by atoms with E-state index >= 15 is 0 Å². The molecule has 1 aromatic heterocycles. The van der Waals surface area contributed by atoms with Crippen molar-refractivity contribution >= 4 is 44.6 Å². The number of hydrogen-bond donors (Lipinski definition) is 2. The Morgan fingerprint density at radius 1 is 1.33 bits per heavy atom. The van der Waals surface area contributed by atoms with Crippen molar-refractivity contribution in [2.75, 3.05) is 5.32 Å². The van der Waals surface area contributed by atoms with Gasteiger partial charge in [-0.3, -0.25) is 0 Å². The summed E-state index contributed by atoms with van der Waals surface area (Å²) in [6, 6.07) is 9.98. The van der Waals surface area contributed by atoms with Crippen molar-refractivity contribution in [1.82, 2.24) is 4.98 Å². The van der Waals surface area contributed by atoms with E-state index in [0.717, 1.165) is 0 Å². The van der Waals surface area contributed by atoms with Crippen LogP contribution in [0.1, 0.15) is 5.69 Å². The van der Waals surface area contributed by atoms with Gasteiger partial charge in [0, 0.05) is 5.69 Å². The van der Waals surface area contributed by atoms with Gasteiger partial charge in [-0.15, -0.1) is 0 Å². The number of benzene rings is 1. The summed E-state index contributed by atoms with van der Waals surface area (Å²) in [6.45, 7) is 0. The molecular weight excluding hydrogens is 317 g/mol. The van der Waals surface area contributed by atoms with Crippen molar-refractivity contribution in [3.63, 3.8) is 0 Å². The van der Waals surface area contributed by atoms with Gasteiger partial charge in [0.05, 0.1) is 10.2 Å². The first kappa shape index (κ1) is 12.9. The Labute approximate surface area is 117 Å². The van der Waals surface area contributed by atoms with E-state index in [4.69, 9.17) is 18.0 Å². The van der Waals surface area contributed by atoms with Gasteiger partial charge in [-0.05, 0) is 46.3 Å². The molecule has 0 saturated heterocycles. The molecule has 0 spiro atoms. The van der Waals surface area contributed by atoms with Crippen LogP contribution >= 0.6 is 28.1 Å². The van der Waals surface area contributed by atoms with Gasteiger partial charge in [0.1, 0.15) is 16.6 Å². The summed E-state index contributed by atoms with van der Waals surface area (Å²) in [6.07, 6.45) is 0. The molecule has 3 nitrogen and oxygen atoms in total. The predicted octanol–water partition coefficient (Wildman–Crippen LogP) is 3.36. The summed E-state index contributed by atoms with van der Waals surface area (Å²) in [7, 11) is 0. The smallest absolute Gasteiger partial charge is 0.139 e. The number of halogens is 2. The maximum absolute atomic E-state index is 13.3. The maximum atomic E-state index is 13.3. The molecule has 0 aliphatic rings. The van der Waals surface area contributed by atoms with E-state index in [-0.39, 0.29) is 10.8 Å². The molecule has 0 bridgehead atoms. The fourth-order valence-electron chi connectivity index (χ4n) is 1.36. The summed E-state index contributed by atoms with van der Waals surface area (Å²) in [4.78, 5) is 4.43. The fraction of sp³-hybridized carbons (Fsp3) is 0.